The Morgan fingerprint density at radius 3 is 2.33 bits per heavy atom. The number of nitrogens with zero attached hydrogens (tertiary/aromatic N) is 2. The van der Waals surface area contributed by atoms with Crippen molar-refractivity contribution in [1.29, 1.82) is 0 Å². The van der Waals surface area contributed by atoms with E-state index in [4.69, 9.17) is 14.2 Å². The van der Waals surface area contributed by atoms with Crippen LogP contribution in [-0.4, -0.2) is 46.5 Å². The van der Waals surface area contributed by atoms with Gasteiger partial charge in [-0.3, -0.25) is 4.79 Å². The Bertz CT molecular complexity index is 1390. The van der Waals surface area contributed by atoms with Crippen LogP contribution in [0.5, 0.6) is 17.2 Å². The minimum absolute atomic E-state index is 0.210. The zero-order valence-electron chi connectivity index (χ0n) is 18.7. The summed E-state index contributed by atoms with van der Waals surface area (Å²) < 4.78 is 42.3. The predicted octanol–water partition coefficient (Wildman–Crippen LogP) is 3.46. The number of ether oxygens (including phenoxy) is 3. The summed E-state index contributed by atoms with van der Waals surface area (Å²) in [7, 11) is 1.19. The minimum Gasteiger partial charge on any atom is -0.493 e. The number of thiazole rings is 1. The molecule has 2 aromatic carbocycles. The molecule has 0 spiro atoms. The van der Waals surface area contributed by atoms with E-state index in [1.54, 1.807) is 42.5 Å². The third-order valence-corrected chi connectivity index (χ3v) is 6.86. The zero-order valence-corrected chi connectivity index (χ0v) is 20.3. The van der Waals surface area contributed by atoms with Gasteiger partial charge < -0.3 is 18.8 Å². The second-order valence-corrected chi connectivity index (χ2v) is 9.95. The number of carbonyl (C=O) groups excluding carboxylic acids is 1. The fourth-order valence-corrected chi connectivity index (χ4v) is 4.98. The molecule has 0 bridgehead atoms. The van der Waals surface area contributed by atoms with Crippen molar-refractivity contribution in [1.82, 2.24) is 4.57 Å². The van der Waals surface area contributed by atoms with Crippen LogP contribution >= 0.6 is 11.3 Å². The number of fused-ring (bicyclic) bond motifs is 1. The Labute approximate surface area is 196 Å². The molecule has 0 N–H and O–H groups in total. The molecule has 0 aliphatic carbocycles. The summed E-state index contributed by atoms with van der Waals surface area (Å²) in [5.41, 5.74) is 1.44. The number of hydrogen-bond acceptors (Lipinski definition) is 7. The summed E-state index contributed by atoms with van der Waals surface area (Å²) in [6, 6.07) is 8.27. The molecular weight excluding hydrogens is 464 g/mol. The summed E-state index contributed by atoms with van der Waals surface area (Å²) >= 11 is 1.23. The SMILES string of the molecule is C=CCn1c(=NC(=O)C=Cc2cc(OC)c(OC)c(OC)c2)sc2cc(S(C)(=O)=O)ccc21. The Morgan fingerprint density at radius 1 is 1.12 bits per heavy atom. The van der Waals surface area contributed by atoms with E-state index in [1.807, 2.05) is 4.57 Å². The quantitative estimate of drug-likeness (QED) is 0.356. The highest BCUT2D eigenvalue weighted by molar-refractivity contribution is 7.90. The van der Waals surface area contributed by atoms with E-state index in [0.29, 0.717) is 38.9 Å². The maximum Gasteiger partial charge on any atom is 0.272 e. The number of rotatable bonds is 8. The molecule has 0 radical (unpaired) electrons. The number of carbonyl (C=O) groups is 1. The average Bonchev–Trinajstić information content (AvgIpc) is 3.12. The van der Waals surface area contributed by atoms with Gasteiger partial charge in [0, 0.05) is 18.9 Å². The standard InChI is InChI=1S/C23H24N2O6S2/c1-6-11-25-17-9-8-16(33(5,27)28)14-20(17)32-23(25)24-21(26)10-7-15-12-18(29-2)22(31-4)19(13-15)30-3/h6-10,12-14H,1,11H2,2-5H3. The molecule has 0 aliphatic heterocycles. The van der Waals surface area contributed by atoms with Gasteiger partial charge in [-0.15, -0.1) is 6.58 Å². The molecule has 33 heavy (non-hydrogen) atoms. The van der Waals surface area contributed by atoms with E-state index >= 15 is 0 Å². The lowest BCUT2D eigenvalue weighted by molar-refractivity contribution is -0.113. The van der Waals surface area contributed by atoms with Crippen LogP contribution in [0.15, 0.2) is 59.0 Å². The van der Waals surface area contributed by atoms with Crippen molar-refractivity contribution >= 4 is 43.4 Å². The molecule has 8 nitrogen and oxygen atoms in total. The fourth-order valence-electron chi connectivity index (χ4n) is 3.17. The van der Waals surface area contributed by atoms with Crippen molar-refractivity contribution in [2.24, 2.45) is 4.99 Å². The lowest BCUT2D eigenvalue weighted by Crippen LogP contribution is -2.15. The van der Waals surface area contributed by atoms with Gasteiger partial charge in [-0.25, -0.2) is 8.42 Å². The predicted molar refractivity (Wildman–Crippen MR) is 129 cm³/mol. The Kier molecular flexibility index (Phi) is 7.39. The van der Waals surface area contributed by atoms with Gasteiger partial charge in [0.05, 0.1) is 36.4 Å². The van der Waals surface area contributed by atoms with Crippen LogP contribution in [0.3, 0.4) is 0 Å². The summed E-state index contributed by atoms with van der Waals surface area (Å²) in [6.07, 6.45) is 5.78. The lowest BCUT2D eigenvalue weighted by atomic mass is 10.1. The zero-order chi connectivity index (χ0) is 24.2. The molecule has 0 unspecified atom stereocenters. The number of methoxy groups -OCH3 is 3. The molecule has 1 heterocycles. The number of allylic oxidation sites excluding steroid dienone is 1. The first-order valence-corrected chi connectivity index (χ1v) is 12.4. The Balaban J connectivity index is 2.01. The van der Waals surface area contributed by atoms with E-state index in [2.05, 4.69) is 11.6 Å². The molecule has 0 saturated heterocycles. The van der Waals surface area contributed by atoms with Gasteiger partial charge >= 0.3 is 0 Å². The normalized spacial score (nSPS) is 12.3. The van der Waals surface area contributed by atoms with E-state index in [1.165, 1.54) is 38.7 Å². The number of benzene rings is 2. The first kappa shape index (κ1) is 24.3. The molecule has 1 amide bonds. The minimum atomic E-state index is -3.35. The number of aromatic nitrogens is 1. The first-order valence-electron chi connectivity index (χ1n) is 9.73. The molecule has 10 heteroatoms. The second kappa shape index (κ2) is 10.1. The van der Waals surface area contributed by atoms with E-state index in [0.717, 1.165) is 11.8 Å². The van der Waals surface area contributed by atoms with E-state index in [9.17, 15) is 13.2 Å². The van der Waals surface area contributed by atoms with E-state index < -0.39 is 15.7 Å². The van der Waals surface area contributed by atoms with Crippen molar-refractivity contribution in [3.05, 3.63) is 59.4 Å². The van der Waals surface area contributed by atoms with Gasteiger partial charge in [-0.2, -0.15) is 4.99 Å². The van der Waals surface area contributed by atoms with Crippen LogP contribution in [0.2, 0.25) is 0 Å². The third-order valence-electron chi connectivity index (χ3n) is 4.71. The molecule has 1 aromatic heterocycles. The molecule has 174 valence electrons. The van der Waals surface area contributed by atoms with Gasteiger partial charge in [0.1, 0.15) is 0 Å². The monoisotopic (exact) mass is 488 g/mol. The lowest BCUT2D eigenvalue weighted by Gasteiger charge is -2.12. The van der Waals surface area contributed by atoms with Gasteiger partial charge in [-0.05, 0) is 42.0 Å². The molecule has 3 rings (SSSR count). The topological polar surface area (TPSA) is 96.2 Å². The van der Waals surface area contributed by atoms with Crippen LogP contribution in [0.4, 0.5) is 0 Å². The van der Waals surface area contributed by atoms with Gasteiger partial charge in [0.2, 0.25) is 5.75 Å². The van der Waals surface area contributed by atoms with Gasteiger partial charge in [0.25, 0.3) is 5.91 Å². The molecule has 0 aliphatic rings. The fraction of sp³-hybridized carbons (Fsp3) is 0.217. The van der Waals surface area contributed by atoms with Crippen LogP contribution in [0.25, 0.3) is 16.3 Å². The van der Waals surface area contributed by atoms with Crippen molar-refractivity contribution in [3.63, 3.8) is 0 Å². The van der Waals surface area contributed by atoms with Crippen molar-refractivity contribution < 1.29 is 27.4 Å². The first-order chi connectivity index (χ1) is 15.7. The van der Waals surface area contributed by atoms with Crippen LogP contribution in [0.1, 0.15) is 5.56 Å². The number of sulfone groups is 1. The molecule has 0 saturated carbocycles. The van der Waals surface area contributed by atoms with Crippen molar-refractivity contribution in [2.75, 3.05) is 27.6 Å². The smallest absolute Gasteiger partial charge is 0.272 e. The number of hydrogen-bond donors (Lipinski definition) is 0. The number of amides is 1. The molecular formula is C23H24N2O6S2. The molecule has 0 atom stereocenters. The Morgan fingerprint density at radius 2 is 1.79 bits per heavy atom. The summed E-state index contributed by atoms with van der Waals surface area (Å²) in [6.45, 7) is 4.17. The Hall–Kier alpha value is -3.37. The van der Waals surface area contributed by atoms with Crippen molar-refractivity contribution in [3.8, 4) is 17.2 Å². The maximum atomic E-state index is 12.6. The van der Waals surface area contributed by atoms with E-state index in [-0.39, 0.29) is 4.90 Å². The summed E-state index contributed by atoms with van der Waals surface area (Å²) in [5, 5.41) is 0. The largest absolute Gasteiger partial charge is 0.493 e. The molecule has 3 aromatic rings. The molecule has 0 fully saturated rings. The highest BCUT2D eigenvalue weighted by Crippen LogP contribution is 2.38. The highest BCUT2D eigenvalue weighted by Gasteiger charge is 2.13. The summed E-state index contributed by atoms with van der Waals surface area (Å²) in [4.78, 5) is 17.5. The van der Waals surface area contributed by atoms with Gasteiger partial charge in [-0.1, -0.05) is 17.4 Å². The van der Waals surface area contributed by atoms with Crippen molar-refractivity contribution in [2.45, 2.75) is 11.4 Å². The van der Waals surface area contributed by atoms with Crippen LogP contribution in [-0.2, 0) is 21.2 Å². The average molecular weight is 489 g/mol. The summed E-state index contributed by atoms with van der Waals surface area (Å²) in [5.74, 6) is 0.917. The second-order valence-electron chi connectivity index (χ2n) is 6.93. The third kappa shape index (κ3) is 5.35. The van der Waals surface area contributed by atoms with Crippen LogP contribution < -0.4 is 19.0 Å². The van der Waals surface area contributed by atoms with Crippen LogP contribution in [0, 0.1) is 0 Å². The maximum absolute atomic E-state index is 12.6. The van der Waals surface area contributed by atoms with Gasteiger partial charge in [0.15, 0.2) is 26.1 Å². The highest BCUT2D eigenvalue weighted by atomic mass is 32.2.